The van der Waals surface area contributed by atoms with Crippen molar-refractivity contribution in [2.75, 3.05) is 0 Å². The maximum absolute atomic E-state index is 7.50. The summed E-state index contributed by atoms with van der Waals surface area (Å²) >= 11 is 2.43. The SMILES string of the molecule is C1CCC2C(C1)OC1CCCCC1N2C1CCCC(C2CCCC3C4CCC5SC6CCCCC6C5C4OC23)C1. The van der Waals surface area contributed by atoms with E-state index in [9.17, 15) is 0 Å². The van der Waals surface area contributed by atoms with Crippen LogP contribution in [0.25, 0.3) is 0 Å². The quantitative estimate of drug-likeness (QED) is 0.334. The number of morpholine rings is 1. The summed E-state index contributed by atoms with van der Waals surface area (Å²) in [6.45, 7) is 0. The molecule has 4 heteroatoms. The molecule has 0 aromatic heterocycles. The van der Waals surface area contributed by atoms with Crippen LogP contribution in [0.1, 0.15) is 135 Å². The summed E-state index contributed by atoms with van der Waals surface area (Å²) < 4.78 is 14.4. The van der Waals surface area contributed by atoms with Crippen LogP contribution in [0.4, 0.5) is 0 Å². The van der Waals surface area contributed by atoms with Gasteiger partial charge in [0.1, 0.15) is 0 Å². The topological polar surface area (TPSA) is 21.7 Å². The third-order valence-electron chi connectivity index (χ3n) is 14.6. The van der Waals surface area contributed by atoms with Gasteiger partial charge in [0.15, 0.2) is 0 Å². The van der Waals surface area contributed by atoms with Gasteiger partial charge >= 0.3 is 0 Å². The molecule has 9 fully saturated rings. The van der Waals surface area contributed by atoms with E-state index in [2.05, 4.69) is 16.7 Å². The van der Waals surface area contributed by atoms with Crippen LogP contribution in [0, 0.1) is 35.5 Å². The monoisotopic (exact) mass is 567 g/mol. The predicted octanol–water partition coefficient (Wildman–Crippen LogP) is 8.38. The summed E-state index contributed by atoms with van der Waals surface area (Å²) in [6, 6.07) is 2.27. The van der Waals surface area contributed by atoms with Gasteiger partial charge in [-0.05, 0) is 113 Å². The molecule has 0 spiro atoms. The maximum Gasteiger partial charge on any atom is 0.0735 e. The van der Waals surface area contributed by atoms with Gasteiger partial charge in [-0.15, -0.1) is 0 Å². The summed E-state index contributed by atoms with van der Waals surface area (Å²) in [5, 5.41) is 1.91. The Morgan fingerprint density at radius 1 is 0.475 bits per heavy atom. The molecule has 6 saturated carbocycles. The smallest absolute Gasteiger partial charge is 0.0735 e. The third-order valence-corrected chi connectivity index (χ3v) is 16.4. The standard InChI is InChI=1S/C36H57NO2S/c1-6-18-32-27(11-1)34-33(40-32)20-19-26-25-13-8-12-24(35(25)39-36(26)34)22-9-7-10-23(21-22)37-28-14-2-4-16-30(28)38-31-17-5-3-15-29(31)37/h22-36H,1-21H2. The first-order chi connectivity index (χ1) is 19.8. The lowest BCUT2D eigenvalue weighted by molar-refractivity contribution is -0.192. The van der Waals surface area contributed by atoms with Gasteiger partial charge in [0.05, 0.1) is 24.4 Å². The summed E-state index contributed by atoms with van der Waals surface area (Å²) in [6.07, 6.45) is 32.7. The molecular weight excluding hydrogens is 510 g/mol. The zero-order chi connectivity index (χ0) is 26.2. The van der Waals surface area contributed by atoms with E-state index in [0.29, 0.717) is 24.4 Å². The van der Waals surface area contributed by atoms with Crippen molar-refractivity contribution in [3.05, 3.63) is 0 Å². The minimum atomic E-state index is 0.537. The molecule has 0 radical (unpaired) electrons. The minimum Gasteiger partial charge on any atom is -0.374 e. The molecule has 3 saturated heterocycles. The van der Waals surface area contributed by atoms with E-state index < -0.39 is 0 Å². The highest BCUT2D eigenvalue weighted by atomic mass is 32.2. The first kappa shape index (κ1) is 26.6. The van der Waals surface area contributed by atoms with Crippen LogP contribution in [0.2, 0.25) is 0 Å². The number of hydrogen-bond acceptors (Lipinski definition) is 4. The Hall–Kier alpha value is 0.230. The van der Waals surface area contributed by atoms with Crippen LogP contribution in [-0.2, 0) is 9.47 Å². The maximum atomic E-state index is 7.50. The summed E-state index contributed by atoms with van der Waals surface area (Å²) in [7, 11) is 0. The van der Waals surface area contributed by atoms with E-state index >= 15 is 0 Å². The molecule has 224 valence electrons. The average molecular weight is 568 g/mol. The Morgan fingerprint density at radius 2 is 1.15 bits per heavy atom. The number of nitrogens with zero attached hydrogens (tertiary/aromatic N) is 1. The summed E-state index contributed by atoms with van der Waals surface area (Å²) in [5.74, 6) is 5.45. The number of fused-ring (bicyclic) bond motifs is 9. The van der Waals surface area contributed by atoms with Gasteiger partial charge in [-0.2, -0.15) is 11.8 Å². The Morgan fingerprint density at radius 3 is 2.00 bits per heavy atom. The number of thioether (sulfide) groups is 1. The summed E-state index contributed by atoms with van der Waals surface area (Å²) in [4.78, 5) is 3.17. The molecule has 0 N–H and O–H groups in total. The Balaban J connectivity index is 0.947. The molecule has 3 aliphatic heterocycles. The van der Waals surface area contributed by atoms with Gasteiger partial charge in [0, 0.05) is 34.5 Å². The Bertz CT molecular complexity index is 891. The molecule has 0 bridgehead atoms. The highest BCUT2D eigenvalue weighted by molar-refractivity contribution is 8.00. The van der Waals surface area contributed by atoms with Crippen molar-refractivity contribution >= 4 is 11.8 Å². The molecular formula is C36H57NO2S. The predicted molar refractivity (Wildman–Crippen MR) is 164 cm³/mol. The van der Waals surface area contributed by atoms with Gasteiger partial charge < -0.3 is 9.47 Å². The first-order valence-corrected chi connectivity index (χ1v) is 19.5. The van der Waals surface area contributed by atoms with Gasteiger partial charge in [-0.1, -0.05) is 51.4 Å². The second-order valence-electron chi connectivity index (χ2n) is 16.2. The number of rotatable bonds is 2. The largest absolute Gasteiger partial charge is 0.374 e. The second kappa shape index (κ2) is 11.0. The van der Waals surface area contributed by atoms with Gasteiger partial charge in [-0.3, -0.25) is 4.90 Å². The lowest BCUT2D eigenvalue weighted by atomic mass is 9.62. The van der Waals surface area contributed by atoms with Crippen LogP contribution >= 0.6 is 11.8 Å². The molecule has 40 heavy (non-hydrogen) atoms. The van der Waals surface area contributed by atoms with Crippen molar-refractivity contribution in [1.82, 2.24) is 4.90 Å². The fourth-order valence-electron chi connectivity index (χ4n) is 13.1. The second-order valence-corrected chi connectivity index (χ2v) is 17.7. The van der Waals surface area contributed by atoms with Crippen molar-refractivity contribution in [2.45, 2.75) is 188 Å². The molecule has 15 unspecified atom stereocenters. The highest BCUT2D eigenvalue weighted by Crippen LogP contribution is 2.62. The first-order valence-electron chi connectivity index (χ1n) is 18.6. The van der Waals surface area contributed by atoms with Crippen LogP contribution in [0.3, 0.4) is 0 Å². The van der Waals surface area contributed by atoms with E-state index in [1.54, 1.807) is 0 Å². The normalized spacial score (nSPS) is 56.2. The molecule has 9 rings (SSSR count). The van der Waals surface area contributed by atoms with Crippen LogP contribution < -0.4 is 0 Å². The molecule has 0 amide bonds. The zero-order valence-corrected chi connectivity index (χ0v) is 26.0. The lowest BCUT2D eigenvalue weighted by Gasteiger charge is -2.57. The van der Waals surface area contributed by atoms with E-state index in [4.69, 9.17) is 9.47 Å². The van der Waals surface area contributed by atoms with Crippen molar-refractivity contribution in [1.29, 1.82) is 0 Å². The van der Waals surface area contributed by atoms with Crippen molar-refractivity contribution in [3.8, 4) is 0 Å². The van der Waals surface area contributed by atoms with Crippen molar-refractivity contribution in [3.63, 3.8) is 0 Å². The van der Waals surface area contributed by atoms with Gasteiger partial charge in [0.25, 0.3) is 0 Å². The van der Waals surface area contributed by atoms with E-state index in [-0.39, 0.29) is 0 Å². The molecule has 6 aliphatic carbocycles. The molecule has 15 atom stereocenters. The van der Waals surface area contributed by atoms with E-state index in [1.165, 1.54) is 135 Å². The fraction of sp³-hybridized carbons (Fsp3) is 1.00. The van der Waals surface area contributed by atoms with Crippen LogP contribution in [0.15, 0.2) is 0 Å². The fourth-order valence-corrected chi connectivity index (χ4v) is 15.2. The average Bonchev–Trinajstić information content (AvgIpc) is 3.58. The third kappa shape index (κ3) is 4.36. The van der Waals surface area contributed by atoms with Crippen LogP contribution in [-0.4, -0.2) is 57.9 Å². The Kier molecular flexibility index (Phi) is 7.31. The molecule has 3 nitrogen and oxygen atoms in total. The zero-order valence-electron chi connectivity index (χ0n) is 25.2. The van der Waals surface area contributed by atoms with E-state index in [0.717, 1.165) is 64.1 Å². The lowest BCUT2D eigenvalue weighted by Crippen LogP contribution is -2.65. The molecule has 3 heterocycles. The Labute approximate surface area is 249 Å². The molecule has 9 aliphatic rings. The highest BCUT2D eigenvalue weighted by Gasteiger charge is 2.60. The number of hydrogen-bond donors (Lipinski definition) is 0. The summed E-state index contributed by atoms with van der Waals surface area (Å²) in [5.41, 5.74) is 0. The van der Waals surface area contributed by atoms with Crippen molar-refractivity contribution in [2.24, 2.45) is 35.5 Å². The minimum absolute atomic E-state index is 0.537. The molecule has 0 aromatic rings. The molecule has 0 aromatic carbocycles. The van der Waals surface area contributed by atoms with Gasteiger partial charge in [0.2, 0.25) is 0 Å². The van der Waals surface area contributed by atoms with Crippen LogP contribution in [0.5, 0.6) is 0 Å². The number of ether oxygens (including phenoxy) is 2. The van der Waals surface area contributed by atoms with Gasteiger partial charge in [-0.25, -0.2) is 0 Å². The van der Waals surface area contributed by atoms with Crippen molar-refractivity contribution < 1.29 is 9.47 Å². The van der Waals surface area contributed by atoms with E-state index in [1.807, 2.05) is 0 Å².